The van der Waals surface area contributed by atoms with Crippen molar-refractivity contribution in [2.75, 3.05) is 0 Å². The number of hydrogen-bond donors (Lipinski definition) is 0. The summed E-state index contributed by atoms with van der Waals surface area (Å²) in [5.74, 6) is -3.55. The number of carbonyl (C=O) groups excluding carboxylic acids is 1. The fraction of sp³-hybridized carbons (Fsp3) is 0.429. The van der Waals surface area contributed by atoms with Gasteiger partial charge in [-0.15, -0.1) is 11.3 Å². The van der Waals surface area contributed by atoms with Crippen molar-refractivity contribution in [3.8, 4) is 0 Å². The van der Waals surface area contributed by atoms with E-state index in [0.29, 0.717) is 14.9 Å². The molecular weight excluding hydrogens is 400 g/mol. The summed E-state index contributed by atoms with van der Waals surface area (Å²) in [4.78, 5) is 16.9. The molecule has 0 bridgehead atoms. The number of halogens is 4. The average Bonchev–Trinajstić information content (AvgIpc) is 2.69. The van der Waals surface area contributed by atoms with Crippen molar-refractivity contribution in [2.45, 2.75) is 31.8 Å². The third-order valence-electron chi connectivity index (χ3n) is 3.59. The molecule has 1 aliphatic rings. The van der Waals surface area contributed by atoms with Gasteiger partial charge in [0.15, 0.2) is 0 Å². The molecule has 3 nitrogen and oxygen atoms in total. The number of rotatable bonds is 3. The fourth-order valence-electron chi connectivity index (χ4n) is 2.59. The van der Waals surface area contributed by atoms with Crippen molar-refractivity contribution >= 4 is 55.1 Å². The molecular formula is C14H11BrClF2NO2S. The number of alkyl halides is 2. The van der Waals surface area contributed by atoms with Crippen LogP contribution in [-0.4, -0.2) is 16.9 Å². The Morgan fingerprint density at radius 3 is 2.82 bits per heavy atom. The molecule has 3 rings (SSSR count). The van der Waals surface area contributed by atoms with Crippen LogP contribution in [0.15, 0.2) is 16.6 Å². The molecule has 8 heteroatoms. The zero-order chi connectivity index (χ0) is 16.1. The van der Waals surface area contributed by atoms with Gasteiger partial charge in [-0.05, 0) is 28.1 Å². The normalized spacial score (nSPS) is 19.0. The predicted octanol–water partition coefficient (Wildman–Crippen LogP) is 5.36. The van der Waals surface area contributed by atoms with Gasteiger partial charge in [-0.2, -0.15) is 0 Å². The van der Waals surface area contributed by atoms with Crippen molar-refractivity contribution in [1.82, 2.24) is 4.98 Å². The van der Waals surface area contributed by atoms with Crippen LogP contribution in [0.4, 0.5) is 8.78 Å². The average molecular weight is 411 g/mol. The van der Waals surface area contributed by atoms with Crippen LogP contribution in [0.1, 0.15) is 30.7 Å². The van der Waals surface area contributed by atoms with Gasteiger partial charge in [-0.3, -0.25) is 4.79 Å². The van der Waals surface area contributed by atoms with Crippen LogP contribution >= 0.6 is 38.9 Å². The number of hydrogen-bond acceptors (Lipinski definition) is 4. The first-order valence-electron chi connectivity index (χ1n) is 6.56. The maximum atomic E-state index is 13.2. The van der Waals surface area contributed by atoms with Gasteiger partial charge < -0.3 is 4.74 Å². The summed E-state index contributed by atoms with van der Waals surface area (Å²) in [5.41, 5.74) is 0. The van der Waals surface area contributed by atoms with Crippen molar-refractivity contribution in [1.29, 1.82) is 0 Å². The lowest BCUT2D eigenvalue weighted by Crippen LogP contribution is -2.39. The molecule has 22 heavy (non-hydrogen) atoms. The standard InChI is InChI=1S/C14H11BrClF2NO2S/c1-6(20)21-11(7-4-14(17,18)5-7)12-10(15)8-2-3-9(16)19-13(8)22-12/h2-3,7,11H,4-5H2,1H3. The summed E-state index contributed by atoms with van der Waals surface area (Å²) in [7, 11) is 0. The van der Waals surface area contributed by atoms with Gasteiger partial charge in [0.2, 0.25) is 5.92 Å². The predicted molar refractivity (Wildman–Crippen MR) is 84.5 cm³/mol. The smallest absolute Gasteiger partial charge is 0.303 e. The van der Waals surface area contributed by atoms with Gasteiger partial charge in [0.05, 0.1) is 4.88 Å². The van der Waals surface area contributed by atoms with Crippen LogP contribution in [0.5, 0.6) is 0 Å². The second-order valence-corrected chi connectivity index (χ2v) is 7.53. The Kier molecular flexibility index (Phi) is 4.16. The van der Waals surface area contributed by atoms with Crippen LogP contribution in [-0.2, 0) is 9.53 Å². The van der Waals surface area contributed by atoms with Crippen LogP contribution < -0.4 is 0 Å². The lowest BCUT2D eigenvalue weighted by Gasteiger charge is -2.39. The van der Waals surface area contributed by atoms with Crippen molar-refractivity contribution in [2.24, 2.45) is 5.92 Å². The van der Waals surface area contributed by atoms with E-state index in [0.717, 1.165) is 9.86 Å². The van der Waals surface area contributed by atoms with E-state index in [2.05, 4.69) is 20.9 Å². The van der Waals surface area contributed by atoms with E-state index in [4.69, 9.17) is 16.3 Å². The Hall–Kier alpha value is -0.790. The van der Waals surface area contributed by atoms with E-state index < -0.39 is 23.9 Å². The minimum Gasteiger partial charge on any atom is -0.456 e. The summed E-state index contributed by atoms with van der Waals surface area (Å²) in [5, 5.41) is 1.18. The third kappa shape index (κ3) is 2.98. The van der Waals surface area contributed by atoms with Gasteiger partial charge in [-0.25, -0.2) is 13.8 Å². The molecule has 1 saturated carbocycles. The van der Waals surface area contributed by atoms with E-state index in [1.807, 2.05) is 0 Å². The molecule has 1 unspecified atom stereocenters. The Morgan fingerprint density at radius 2 is 2.23 bits per heavy atom. The summed E-state index contributed by atoms with van der Waals surface area (Å²) < 4.78 is 32.4. The molecule has 1 fully saturated rings. The van der Waals surface area contributed by atoms with E-state index >= 15 is 0 Å². The number of fused-ring (bicyclic) bond motifs is 1. The summed E-state index contributed by atoms with van der Waals surface area (Å²) in [6.45, 7) is 1.28. The lowest BCUT2D eigenvalue weighted by atomic mass is 9.77. The van der Waals surface area contributed by atoms with Gasteiger partial charge in [0.1, 0.15) is 16.1 Å². The highest BCUT2D eigenvalue weighted by Crippen LogP contribution is 2.52. The zero-order valence-corrected chi connectivity index (χ0v) is 14.6. The fourth-order valence-corrected chi connectivity index (χ4v) is 4.90. The summed E-state index contributed by atoms with van der Waals surface area (Å²) in [6.07, 6.45) is -1.25. The minimum atomic E-state index is -2.67. The van der Waals surface area contributed by atoms with Crippen LogP contribution in [0.3, 0.4) is 0 Å². The number of thiophene rings is 1. The molecule has 2 heterocycles. The first kappa shape index (κ1) is 16.1. The highest BCUT2D eigenvalue weighted by Gasteiger charge is 2.50. The Bertz CT molecular complexity index is 744. The minimum absolute atomic E-state index is 0.278. The molecule has 0 amide bonds. The topological polar surface area (TPSA) is 39.2 Å². The van der Waals surface area contributed by atoms with Gasteiger partial charge in [0.25, 0.3) is 0 Å². The monoisotopic (exact) mass is 409 g/mol. The molecule has 0 saturated heterocycles. The molecule has 0 spiro atoms. The first-order chi connectivity index (χ1) is 10.3. The highest BCUT2D eigenvalue weighted by atomic mass is 79.9. The van der Waals surface area contributed by atoms with E-state index in [9.17, 15) is 13.6 Å². The Balaban J connectivity index is 2.00. The zero-order valence-electron chi connectivity index (χ0n) is 11.4. The maximum absolute atomic E-state index is 13.2. The molecule has 0 N–H and O–H groups in total. The molecule has 0 aromatic carbocycles. The SMILES string of the molecule is CC(=O)OC(c1sc2nc(Cl)ccc2c1Br)C1CC(F)(F)C1. The summed E-state index contributed by atoms with van der Waals surface area (Å²) >= 11 is 10.6. The summed E-state index contributed by atoms with van der Waals surface area (Å²) in [6, 6.07) is 3.46. The van der Waals surface area contributed by atoms with E-state index in [-0.39, 0.29) is 12.8 Å². The lowest BCUT2D eigenvalue weighted by molar-refractivity contribution is -0.172. The molecule has 0 aliphatic heterocycles. The number of pyridine rings is 1. The molecule has 118 valence electrons. The maximum Gasteiger partial charge on any atom is 0.303 e. The van der Waals surface area contributed by atoms with Crippen molar-refractivity contribution in [3.05, 3.63) is 26.6 Å². The van der Waals surface area contributed by atoms with Gasteiger partial charge in [-0.1, -0.05) is 11.6 Å². The van der Waals surface area contributed by atoms with E-state index in [1.54, 1.807) is 12.1 Å². The second-order valence-electron chi connectivity index (χ2n) is 5.32. The van der Waals surface area contributed by atoms with Crippen LogP contribution in [0.25, 0.3) is 10.2 Å². The molecule has 1 aliphatic carbocycles. The number of carbonyl (C=O) groups is 1. The third-order valence-corrected chi connectivity index (χ3v) is 6.08. The Labute approximate surface area is 142 Å². The number of aromatic nitrogens is 1. The number of nitrogens with zero attached hydrogens (tertiary/aromatic N) is 1. The van der Waals surface area contributed by atoms with Gasteiger partial charge >= 0.3 is 5.97 Å². The molecule has 2 aromatic rings. The van der Waals surface area contributed by atoms with E-state index in [1.165, 1.54) is 18.3 Å². The molecule has 2 aromatic heterocycles. The quantitative estimate of drug-likeness (QED) is 0.505. The Morgan fingerprint density at radius 1 is 1.55 bits per heavy atom. The van der Waals surface area contributed by atoms with Crippen molar-refractivity contribution < 1.29 is 18.3 Å². The number of ether oxygens (including phenoxy) is 1. The first-order valence-corrected chi connectivity index (χ1v) is 8.55. The number of esters is 1. The molecule has 0 radical (unpaired) electrons. The van der Waals surface area contributed by atoms with Crippen molar-refractivity contribution in [3.63, 3.8) is 0 Å². The van der Waals surface area contributed by atoms with Crippen LogP contribution in [0, 0.1) is 5.92 Å². The van der Waals surface area contributed by atoms with Gasteiger partial charge in [0, 0.05) is 35.5 Å². The van der Waals surface area contributed by atoms with Crippen LogP contribution in [0.2, 0.25) is 5.15 Å². The highest BCUT2D eigenvalue weighted by molar-refractivity contribution is 9.10. The molecule has 1 atom stereocenters. The largest absolute Gasteiger partial charge is 0.456 e. The second kappa shape index (κ2) is 5.69.